The minimum atomic E-state index is -0.674. The van der Waals surface area contributed by atoms with Gasteiger partial charge in [0.25, 0.3) is 5.91 Å². The van der Waals surface area contributed by atoms with Gasteiger partial charge in [0.1, 0.15) is 0 Å². The first-order valence-electron chi connectivity index (χ1n) is 4.94. The van der Waals surface area contributed by atoms with Crippen molar-refractivity contribution in [2.45, 2.75) is 0 Å². The highest BCUT2D eigenvalue weighted by Crippen LogP contribution is 2.23. The van der Waals surface area contributed by atoms with Crippen molar-refractivity contribution in [1.29, 1.82) is 0 Å². The zero-order valence-corrected chi connectivity index (χ0v) is 12.7. The van der Waals surface area contributed by atoms with Gasteiger partial charge < -0.3 is 5.32 Å². The molecule has 3 nitrogen and oxygen atoms in total. The quantitative estimate of drug-likeness (QED) is 0.592. The molecule has 0 radical (unpaired) electrons. The summed E-state index contributed by atoms with van der Waals surface area (Å²) in [5, 5.41) is 2.72. The summed E-state index contributed by atoms with van der Waals surface area (Å²) in [5.41, 5.74) is 0.908. The van der Waals surface area contributed by atoms with Gasteiger partial charge in [-0.1, -0.05) is 15.9 Å². The number of amides is 1. The van der Waals surface area contributed by atoms with Gasteiger partial charge in [-0.25, -0.2) is 4.98 Å². The fraction of sp³-hybridized carbons (Fsp3) is 0. The van der Waals surface area contributed by atoms with Gasteiger partial charge in [0, 0.05) is 25.9 Å². The van der Waals surface area contributed by atoms with Crippen LogP contribution in [0.25, 0.3) is 0 Å². The number of nitrogens with zero attached hydrogens (tertiary/aromatic N) is 1. The maximum Gasteiger partial charge on any atom is 0.255 e. The summed E-state index contributed by atoms with van der Waals surface area (Å²) in [7, 11) is 0. The highest BCUT2D eigenvalue weighted by Gasteiger charge is 2.09. The van der Waals surface area contributed by atoms with Crippen molar-refractivity contribution in [1.82, 2.24) is 4.98 Å². The third kappa shape index (κ3) is 3.26. The summed E-state index contributed by atoms with van der Waals surface area (Å²) >= 11 is 5.44. The van der Waals surface area contributed by atoms with E-state index in [2.05, 4.69) is 48.8 Å². The van der Waals surface area contributed by atoms with E-state index in [1.54, 1.807) is 6.07 Å². The van der Waals surface area contributed by atoms with Gasteiger partial charge in [-0.3, -0.25) is 4.79 Å². The molecule has 2 aromatic rings. The smallest absolute Gasteiger partial charge is 0.255 e. The molecule has 1 aromatic carbocycles. The lowest BCUT2D eigenvalue weighted by Crippen LogP contribution is -2.13. The van der Waals surface area contributed by atoms with Gasteiger partial charge >= 0.3 is 0 Å². The van der Waals surface area contributed by atoms with Crippen LogP contribution in [-0.4, -0.2) is 10.9 Å². The molecule has 6 heteroatoms. The zero-order valence-electron chi connectivity index (χ0n) is 8.95. The molecule has 2 rings (SSSR count). The third-order valence-electron chi connectivity index (χ3n) is 2.17. The molecular weight excluding hydrogens is 414 g/mol. The second-order valence-corrected chi connectivity index (χ2v) is 5.52. The van der Waals surface area contributed by atoms with Crippen LogP contribution in [0.3, 0.4) is 0 Å². The van der Waals surface area contributed by atoms with Crippen LogP contribution in [0.15, 0.2) is 41.0 Å². The Kier molecular flexibility index (Phi) is 4.28. The Hall–Kier alpha value is -1.02. The molecule has 0 aliphatic rings. The summed E-state index contributed by atoms with van der Waals surface area (Å²) in [4.78, 5) is 15.3. The van der Waals surface area contributed by atoms with Crippen LogP contribution in [0.1, 0.15) is 10.4 Å². The number of halogens is 3. The average molecular weight is 421 g/mol. The van der Waals surface area contributed by atoms with E-state index in [9.17, 15) is 9.18 Å². The molecule has 0 bridgehead atoms. The topological polar surface area (TPSA) is 42.0 Å². The largest absolute Gasteiger partial charge is 0.321 e. The standard InChI is InChI=1S/C12H7BrFIN2O/c13-8-1-2-9(15)10(6-8)17-12(18)7-3-4-16-11(14)5-7/h1-6H,(H,17,18). The van der Waals surface area contributed by atoms with Crippen molar-refractivity contribution in [3.8, 4) is 0 Å². The van der Waals surface area contributed by atoms with Gasteiger partial charge in [-0.05, 0) is 46.9 Å². The molecule has 0 fully saturated rings. The molecule has 0 aliphatic carbocycles. The maximum absolute atomic E-state index is 12.9. The first-order valence-corrected chi connectivity index (χ1v) is 6.81. The number of pyridine rings is 1. The number of nitrogens with one attached hydrogen (secondary N) is 1. The van der Waals surface area contributed by atoms with Crippen LogP contribution in [0.5, 0.6) is 0 Å². The van der Waals surface area contributed by atoms with Crippen molar-refractivity contribution >= 4 is 50.1 Å². The van der Waals surface area contributed by atoms with Gasteiger partial charge in [0.2, 0.25) is 5.95 Å². The Balaban J connectivity index is 2.24. The number of hydrogen-bond donors (Lipinski definition) is 1. The Morgan fingerprint density at radius 2 is 2.11 bits per heavy atom. The minimum Gasteiger partial charge on any atom is -0.321 e. The van der Waals surface area contributed by atoms with E-state index in [1.165, 1.54) is 12.3 Å². The number of hydrogen-bond acceptors (Lipinski definition) is 2. The SMILES string of the molecule is O=C(Nc1cc(Br)ccc1I)c1ccnc(F)c1. The van der Waals surface area contributed by atoms with E-state index in [1.807, 2.05) is 12.1 Å². The van der Waals surface area contributed by atoms with E-state index >= 15 is 0 Å². The van der Waals surface area contributed by atoms with E-state index in [0.29, 0.717) is 5.69 Å². The minimum absolute atomic E-state index is 0.235. The molecule has 0 atom stereocenters. The lowest BCUT2D eigenvalue weighted by molar-refractivity contribution is 0.102. The van der Waals surface area contributed by atoms with E-state index < -0.39 is 5.95 Å². The number of aromatic nitrogens is 1. The Morgan fingerprint density at radius 1 is 1.33 bits per heavy atom. The van der Waals surface area contributed by atoms with Crippen molar-refractivity contribution in [3.63, 3.8) is 0 Å². The second kappa shape index (κ2) is 5.75. The summed E-state index contributed by atoms with van der Waals surface area (Å²) in [6.07, 6.45) is 1.26. The summed E-state index contributed by atoms with van der Waals surface area (Å²) in [5.74, 6) is -1.04. The molecule has 1 aromatic heterocycles. The number of carbonyl (C=O) groups is 1. The summed E-state index contributed by atoms with van der Waals surface area (Å²) < 4.78 is 14.7. The van der Waals surface area contributed by atoms with Crippen LogP contribution < -0.4 is 5.32 Å². The Labute approximate surface area is 125 Å². The number of carbonyl (C=O) groups excluding carboxylic acids is 1. The van der Waals surface area contributed by atoms with Crippen LogP contribution in [0, 0.1) is 9.52 Å². The second-order valence-electron chi connectivity index (χ2n) is 3.45. The Morgan fingerprint density at radius 3 is 2.83 bits per heavy atom. The molecule has 0 unspecified atom stereocenters. The van der Waals surface area contributed by atoms with Crippen molar-refractivity contribution in [2.24, 2.45) is 0 Å². The van der Waals surface area contributed by atoms with Gasteiger partial charge in [0.05, 0.1) is 5.69 Å². The molecule has 18 heavy (non-hydrogen) atoms. The molecule has 0 aliphatic heterocycles. The molecule has 0 saturated carbocycles. The van der Waals surface area contributed by atoms with Crippen LogP contribution >= 0.6 is 38.5 Å². The number of anilines is 1. The molecule has 1 N–H and O–H groups in total. The Bertz CT molecular complexity index is 606. The van der Waals surface area contributed by atoms with Gasteiger partial charge in [-0.15, -0.1) is 0 Å². The number of rotatable bonds is 2. The normalized spacial score (nSPS) is 10.2. The fourth-order valence-corrected chi connectivity index (χ4v) is 2.16. The fourth-order valence-electron chi connectivity index (χ4n) is 1.33. The van der Waals surface area contributed by atoms with E-state index in [0.717, 1.165) is 14.1 Å². The van der Waals surface area contributed by atoms with Crippen molar-refractivity contribution in [3.05, 3.63) is 56.1 Å². The molecular formula is C12H7BrFIN2O. The monoisotopic (exact) mass is 420 g/mol. The first kappa shape index (κ1) is 13.4. The third-order valence-corrected chi connectivity index (χ3v) is 3.60. The predicted octanol–water partition coefficient (Wildman–Crippen LogP) is 3.84. The highest BCUT2D eigenvalue weighted by molar-refractivity contribution is 14.1. The van der Waals surface area contributed by atoms with Crippen LogP contribution in [-0.2, 0) is 0 Å². The summed E-state index contributed by atoms with van der Waals surface area (Å²) in [6.45, 7) is 0. The molecule has 1 amide bonds. The summed E-state index contributed by atoms with van der Waals surface area (Å²) in [6, 6.07) is 8.09. The average Bonchev–Trinajstić information content (AvgIpc) is 2.34. The van der Waals surface area contributed by atoms with Crippen LogP contribution in [0.4, 0.5) is 10.1 Å². The maximum atomic E-state index is 12.9. The molecule has 92 valence electrons. The molecule has 1 heterocycles. The zero-order chi connectivity index (χ0) is 13.1. The predicted molar refractivity (Wildman–Crippen MR) is 79.0 cm³/mol. The number of benzene rings is 1. The van der Waals surface area contributed by atoms with Crippen LogP contribution in [0.2, 0.25) is 0 Å². The lowest BCUT2D eigenvalue weighted by atomic mass is 10.2. The van der Waals surface area contributed by atoms with Crippen molar-refractivity contribution in [2.75, 3.05) is 5.32 Å². The highest BCUT2D eigenvalue weighted by atomic mass is 127. The lowest BCUT2D eigenvalue weighted by Gasteiger charge is -2.07. The van der Waals surface area contributed by atoms with Gasteiger partial charge in [0.15, 0.2) is 0 Å². The first-order chi connectivity index (χ1) is 8.56. The van der Waals surface area contributed by atoms with E-state index in [4.69, 9.17) is 0 Å². The van der Waals surface area contributed by atoms with Crippen molar-refractivity contribution < 1.29 is 9.18 Å². The molecule has 0 saturated heterocycles. The molecule has 0 spiro atoms. The van der Waals surface area contributed by atoms with E-state index in [-0.39, 0.29) is 11.5 Å². The van der Waals surface area contributed by atoms with Gasteiger partial charge in [-0.2, -0.15) is 4.39 Å².